The van der Waals surface area contributed by atoms with Crippen molar-refractivity contribution in [3.8, 4) is 0 Å². The van der Waals surface area contributed by atoms with Crippen LogP contribution in [0.1, 0.15) is 0 Å². The molecule has 0 aliphatic heterocycles. The maximum atomic E-state index is 9.72. The lowest BCUT2D eigenvalue weighted by Crippen LogP contribution is -1.88. The van der Waals surface area contributed by atoms with Gasteiger partial charge in [-0.1, -0.05) is 0 Å². The van der Waals surface area contributed by atoms with Crippen molar-refractivity contribution in [2.24, 2.45) is 5.18 Å². The van der Waals surface area contributed by atoms with Crippen LogP contribution >= 0.6 is 0 Å². The molecular formula is C4H4N4O. The normalized spacial score (nSPS) is 8.89. The van der Waals surface area contributed by atoms with E-state index in [1.54, 1.807) is 0 Å². The van der Waals surface area contributed by atoms with Gasteiger partial charge in [0.2, 0.25) is 5.82 Å². The van der Waals surface area contributed by atoms with Gasteiger partial charge in [0.15, 0.2) is 0 Å². The highest BCUT2D eigenvalue weighted by molar-refractivity contribution is 5.30. The summed E-state index contributed by atoms with van der Waals surface area (Å²) in [5, 5.41) is 2.53. The molecule has 1 aromatic heterocycles. The standard InChI is InChI=1S/C4H4N4O/c5-3-1-7-4(8-9)2-6-3/h1-2H,(H2,5,6). The number of nitrogens with zero attached hydrogens (tertiary/aromatic N) is 3. The van der Waals surface area contributed by atoms with Crippen LogP contribution in [0.2, 0.25) is 0 Å². The molecule has 0 fully saturated rings. The van der Waals surface area contributed by atoms with Crippen LogP contribution in [0.4, 0.5) is 11.6 Å². The van der Waals surface area contributed by atoms with Crippen molar-refractivity contribution in [1.82, 2.24) is 9.97 Å². The van der Waals surface area contributed by atoms with E-state index in [9.17, 15) is 4.91 Å². The minimum atomic E-state index is 0.0456. The number of hydrogen-bond donors (Lipinski definition) is 1. The Hall–Kier alpha value is -1.52. The second-order valence-corrected chi connectivity index (χ2v) is 1.39. The second kappa shape index (κ2) is 2.17. The first-order valence-electron chi connectivity index (χ1n) is 2.24. The van der Waals surface area contributed by atoms with Crippen LogP contribution < -0.4 is 5.73 Å². The number of hydrogen-bond acceptors (Lipinski definition) is 5. The summed E-state index contributed by atoms with van der Waals surface area (Å²) in [6.07, 6.45) is 2.49. The van der Waals surface area contributed by atoms with Gasteiger partial charge in [0.1, 0.15) is 5.82 Å². The number of anilines is 1. The van der Waals surface area contributed by atoms with Gasteiger partial charge >= 0.3 is 0 Å². The van der Waals surface area contributed by atoms with Crippen LogP contribution in [0.3, 0.4) is 0 Å². The Morgan fingerprint density at radius 1 is 1.44 bits per heavy atom. The van der Waals surface area contributed by atoms with Gasteiger partial charge in [0, 0.05) is 0 Å². The van der Waals surface area contributed by atoms with Crippen LogP contribution in [0, 0.1) is 4.91 Å². The van der Waals surface area contributed by atoms with Gasteiger partial charge in [-0.2, -0.15) is 0 Å². The molecule has 0 radical (unpaired) electrons. The Balaban J connectivity index is 3.01. The number of rotatable bonds is 1. The fraction of sp³-hybridized carbons (Fsp3) is 0. The lowest BCUT2D eigenvalue weighted by atomic mass is 10.6. The quantitative estimate of drug-likeness (QED) is 0.551. The van der Waals surface area contributed by atoms with Crippen LogP contribution in [-0.4, -0.2) is 9.97 Å². The summed E-state index contributed by atoms with van der Waals surface area (Å²) in [5.41, 5.74) is 5.16. The molecule has 0 amide bonds. The van der Waals surface area contributed by atoms with Crippen LogP contribution in [0.15, 0.2) is 17.6 Å². The van der Waals surface area contributed by atoms with Gasteiger partial charge in [-0.25, -0.2) is 9.97 Å². The SMILES string of the molecule is Nc1cnc(N=O)cn1. The zero-order valence-electron chi connectivity index (χ0n) is 4.48. The van der Waals surface area contributed by atoms with E-state index in [-0.39, 0.29) is 11.6 Å². The molecular weight excluding hydrogens is 120 g/mol. The van der Waals surface area contributed by atoms with E-state index in [2.05, 4.69) is 15.1 Å². The molecule has 9 heavy (non-hydrogen) atoms. The Morgan fingerprint density at radius 2 is 2.22 bits per heavy atom. The zero-order chi connectivity index (χ0) is 6.69. The summed E-state index contributed by atoms with van der Waals surface area (Å²) in [4.78, 5) is 16.8. The third kappa shape index (κ3) is 1.18. The molecule has 2 N–H and O–H groups in total. The molecule has 1 rings (SSSR count). The Labute approximate surface area is 50.9 Å². The number of nitroso groups, excluding NO2 is 1. The Kier molecular flexibility index (Phi) is 1.35. The summed E-state index contributed by atoms with van der Waals surface area (Å²) in [5.74, 6) is 0.326. The minimum absolute atomic E-state index is 0.0456. The van der Waals surface area contributed by atoms with Crippen LogP contribution in [0.5, 0.6) is 0 Å². The van der Waals surface area contributed by atoms with Crippen LogP contribution in [-0.2, 0) is 0 Å². The predicted molar refractivity (Wildman–Crippen MR) is 31.9 cm³/mol. The van der Waals surface area contributed by atoms with Crippen molar-refractivity contribution in [3.05, 3.63) is 17.3 Å². The molecule has 0 saturated heterocycles. The average Bonchev–Trinajstić information content (AvgIpc) is 1.90. The monoisotopic (exact) mass is 124 g/mol. The van der Waals surface area contributed by atoms with Gasteiger partial charge in [0.05, 0.1) is 12.4 Å². The van der Waals surface area contributed by atoms with E-state index in [4.69, 9.17) is 5.73 Å². The van der Waals surface area contributed by atoms with E-state index in [0.717, 1.165) is 0 Å². The molecule has 0 saturated carbocycles. The molecule has 1 heterocycles. The molecule has 0 aliphatic rings. The zero-order valence-corrected chi connectivity index (χ0v) is 4.48. The lowest BCUT2D eigenvalue weighted by Gasteiger charge is -1.87. The molecule has 0 unspecified atom stereocenters. The molecule has 5 heteroatoms. The largest absolute Gasteiger partial charge is 0.382 e. The first-order chi connectivity index (χ1) is 4.33. The third-order valence-electron chi connectivity index (χ3n) is 0.752. The van der Waals surface area contributed by atoms with E-state index >= 15 is 0 Å². The van der Waals surface area contributed by atoms with E-state index < -0.39 is 0 Å². The fourth-order valence-electron chi connectivity index (χ4n) is 0.378. The number of nitrogens with two attached hydrogens (primary N) is 1. The smallest absolute Gasteiger partial charge is 0.215 e. The Bertz CT molecular complexity index is 206. The number of aromatic nitrogens is 2. The van der Waals surface area contributed by atoms with Gasteiger partial charge in [-0.3, -0.25) is 0 Å². The molecule has 0 bridgehead atoms. The maximum Gasteiger partial charge on any atom is 0.215 e. The summed E-state index contributed by atoms with van der Waals surface area (Å²) >= 11 is 0. The summed E-state index contributed by atoms with van der Waals surface area (Å²) in [6, 6.07) is 0. The summed E-state index contributed by atoms with van der Waals surface area (Å²) in [7, 11) is 0. The van der Waals surface area contributed by atoms with Gasteiger partial charge in [-0.15, -0.1) is 4.91 Å². The molecule has 5 nitrogen and oxygen atoms in total. The van der Waals surface area contributed by atoms with E-state index in [1.165, 1.54) is 12.4 Å². The van der Waals surface area contributed by atoms with E-state index in [1.807, 2.05) is 0 Å². The highest BCUT2D eigenvalue weighted by Gasteiger charge is 1.89. The Morgan fingerprint density at radius 3 is 2.67 bits per heavy atom. The fourth-order valence-corrected chi connectivity index (χ4v) is 0.378. The summed E-state index contributed by atoms with van der Waals surface area (Å²) < 4.78 is 0. The third-order valence-corrected chi connectivity index (χ3v) is 0.752. The maximum absolute atomic E-state index is 9.72. The topological polar surface area (TPSA) is 81.2 Å². The predicted octanol–water partition coefficient (Wildman–Crippen LogP) is 0.457. The van der Waals surface area contributed by atoms with Gasteiger partial charge in [-0.05, 0) is 5.18 Å². The van der Waals surface area contributed by atoms with Crippen LogP contribution in [0.25, 0.3) is 0 Å². The first kappa shape index (κ1) is 5.61. The van der Waals surface area contributed by atoms with Crippen molar-refractivity contribution in [2.75, 3.05) is 5.73 Å². The highest BCUT2D eigenvalue weighted by atomic mass is 16.3. The van der Waals surface area contributed by atoms with Crippen molar-refractivity contribution < 1.29 is 0 Å². The van der Waals surface area contributed by atoms with Crippen molar-refractivity contribution in [3.63, 3.8) is 0 Å². The molecule has 0 aromatic carbocycles. The van der Waals surface area contributed by atoms with E-state index in [0.29, 0.717) is 0 Å². The second-order valence-electron chi connectivity index (χ2n) is 1.39. The van der Waals surface area contributed by atoms with Crippen molar-refractivity contribution in [1.29, 1.82) is 0 Å². The molecule has 46 valence electrons. The van der Waals surface area contributed by atoms with Gasteiger partial charge in [0.25, 0.3) is 0 Å². The average molecular weight is 124 g/mol. The van der Waals surface area contributed by atoms with Gasteiger partial charge < -0.3 is 5.73 Å². The number of nitrogen functional groups attached to an aromatic ring is 1. The first-order valence-corrected chi connectivity index (χ1v) is 2.24. The summed E-state index contributed by atoms with van der Waals surface area (Å²) in [6.45, 7) is 0. The molecule has 0 aliphatic carbocycles. The van der Waals surface area contributed by atoms with Crippen molar-refractivity contribution in [2.45, 2.75) is 0 Å². The lowest BCUT2D eigenvalue weighted by molar-refractivity contribution is 1.18. The molecule has 0 atom stereocenters. The highest BCUT2D eigenvalue weighted by Crippen LogP contribution is 2.03. The molecule has 0 spiro atoms. The molecule has 1 aromatic rings. The minimum Gasteiger partial charge on any atom is -0.382 e. The van der Waals surface area contributed by atoms with Crippen molar-refractivity contribution >= 4 is 11.6 Å².